The van der Waals surface area contributed by atoms with E-state index in [-0.39, 0.29) is 11.9 Å². The maximum atomic E-state index is 10.6. The van der Waals surface area contributed by atoms with Crippen molar-refractivity contribution in [1.29, 1.82) is 0 Å². The van der Waals surface area contributed by atoms with Crippen molar-refractivity contribution in [3.63, 3.8) is 0 Å². The van der Waals surface area contributed by atoms with Gasteiger partial charge in [-0.3, -0.25) is 9.59 Å². The first-order valence-corrected chi connectivity index (χ1v) is 2.92. The molecule has 0 aromatic carbocycles. The van der Waals surface area contributed by atoms with Crippen molar-refractivity contribution in [2.24, 2.45) is 5.92 Å². The van der Waals surface area contributed by atoms with Gasteiger partial charge in [-0.1, -0.05) is 0 Å². The van der Waals surface area contributed by atoms with Gasteiger partial charge >= 0.3 is 11.9 Å². The molecule has 0 bridgehead atoms. The highest BCUT2D eigenvalue weighted by atomic mass is 16.6. The summed E-state index contributed by atoms with van der Waals surface area (Å²) in [6, 6.07) is 0. The van der Waals surface area contributed by atoms with Gasteiger partial charge in [0.15, 0.2) is 0 Å². The average Bonchev–Trinajstić information content (AvgIpc) is 2.40. The molecule has 1 aliphatic rings. The number of rotatable bonds is 1. The van der Waals surface area contributed by atoms with E-state index in [0.29, 0.717) is 0 Å². The van der Waals surface area contributed by atoms with Crippen LogP contribution in [0, 0.1) is 5.92 Å². The van der Waals surface area contributed by atoms with Crippen LogP contribution in [-0.4, -0.2) is 11.9 Å². The molecule has 0 atom stereocenters. The number of carbonyl (C=O) groups is 2. The first-order valence-electron chi connectivity index (χ1n) is 2.92. The smallest absolute Gasteiger partial charge is 0.316 e. The van der Waals surface area contributed by atoms with Crippen LogP contribution in [0.1, 0.15) is 19.8 Å². The van der Waals surface area contributed by atoms with Gasteiger partial charge in [-0.15, -0.1) is 0 Å². The first kappa shape index (κ1) is 6.26. The molecule has 0 radical (unpaired) electrons. The average molecular weight is 128 g/mol. The molecule has 1 rings (SSSR count). The zero-order valence-corrected chi connectivity index (χ0v) is 5.22. The summed E-state index contributed by atoms with van der Waals surface area (Å²) in [4.78, 5) is 20.7. The van der Waals surface area contributed by atoms with Crippen LogP contribution >= 0.6 is 0 Å². The van der Waals surface area contributed by atoms with Crippen LogP contribution in [0.4, 0.5) is 0 Å². The van der Waals surface area contributed by atoms with Gasteiger partial charge in [-0.05, 0) is 12.8 Å². The molecule has 0 aliphatic heterocycles. The number of carbonyl (C=O) groups excluding carboxylic acids is 2. The third kappa shape index (κ3) is 1.83. The fraction of sp³-hybridized carbons (Fsp3) is 0.667. The highest BCUT2D eigenvalue weighted by Gasteiger charge is 2.31. The summed E-state index contributed by atoms with van der Waals surface area (Å²) in [5.74, 6) is -0.844. The van der Waals surface area contributed by atoms with Crippen molar-refractivity contribution in [3.8, 4) is 0 Å². The number of hydrogen-bond donors (Lipinski definition) is 0. The summed E-state index contributed by atoms with van der Waals surface area (Å²) < 4.78 is 4.30. The van der Waals surface area contributed by atoms with E-state index in [1.54, 1.807) is 0 Å². The zero-order valence-electron chi connectivity index (χ0n) is 5.22. The van der Waals surface area contributed by atoms with E-state index >= 15 is 0 Å². The monoisotopic (exact) mass is 128 g/mol. The van der Waals surface area contributed by atoms with E-state index in [9.17, 15) is 9.59 Å². The lowest BCUT2D eigenvalue weighted by Crippen LogP contribution is -2.10. The standard InChI is InChI=1S/C6H8O3/c1-4(7)9-6(8)5-2-3-5/h5H,2-3H2,1H3. The molecule has 0 spiro atoms. The minimum absolute atomic E-state index is 0.0221. The number of ether oxygens (including phenoxy) is 1. The van der Waals surface area contributed by atoms with Crippen LogP contribution in [0.25, 0.3) is 0 Å². The summed E-state index contributed by atoms with van der Waals surface area (Å²) in [5.41, 5.74) is 0. The zero-order chi connectivity index (χ0) is 6.85. The largest absolute Gasteiger partial charge is 0.393 e. The Morgan fingerprint density at radius 3 is 2.33 bits per heavy atom. The Morgan fingerprint density at radius 1 is 1.44 bits per heavy atom. The van der Waals surface area contributed by atoms with Crippen molar-refractivity contribution in [1.82, 2.24) is 0 Å². The third-order valence-corrected chi connectivity index (χ3v) is 1.16. The Morgan fingerprint density at radius 2 is 2.00 bits per heavy atom. The Hall–Kier alpha value is -0.860. The molecule has 1 aliphatic carbocycles. The summed E-state index contributed by atoms with van der Waals surface area (Å²) in [7, 11) is 0. The maximum Gasteiger partial charge on any atom is 0.316 e. The molecule has 0 aromatic heterocycles. The van der Waals surface area contributed by atoms with Gasteiger partial charge in [0.1, 0.15) is 0 Å². The van der Waals surface area contributed by atoms with E-state index in [2.05, 4.69) is 4.74 Å². The molecule has 3 heteroatoms. The lowest BCUT2D eigenvalue weighted by molar-refractivity contribution is -0.158. The van der Waals surface area contributed by atoms with Gasteiger partial charge in [0.2, 0.25) is 0 Å². The second-order valence-electron chi connectivity index (χ2n) is 2.19. The molecule has 0 unspecified atom stereocenters. The second kappa shape index (κ2) is 2.17. The van der Waals surface area contributed by atoms with Gasteiger partial charge in [0.05, 0.1) is 5.92 Å². The Kier molecular flexibility index (Phi) is 1.51. The normalized spacial score (nSPS) is 17.0. The molecule has 0 saturated heterocycles. The minimum Gasteiger partial charge on any atom is -0.393 e. The molecule has 0 amide bonds. The molecule has 50 valence electrons. The van der Waals surface area contributed by atoms with Crippen molar-refractivity contribution in [2.75, 3.05) is 0 Å². The summed E-state index contributed by atoms with van der Waals surface area (Å²) in [6.45, 7) is 1.24. The van der Waals surface area contributed by atoms with Gasteiger partial charge in [-0.25, -0.2) is 0 Å². The Balaban J connectivity index is 2.26. The van der Waals surface area contributed by atoms with Crippen molar-refractivity contribution in [2.45, 2.75) is 19.8 Å². The van der Waals surface area contributed by atoms with Crippen LogP contribution in [0.15, 0.2) is 0 Å². The second-order valence-corrected chi connectivity index (χ2v) is 2.19. The Bertz CT molecular complexity index is 146. The van der Waals surface area contributed by atoms with Gasteiger partial charge < -0.3 is 4.74 Å². The van der Waals surface area contributed by atoms with E-state index < -0.39 is 5.97 Å². The van der Waals surface area contributed by atoms with Gasteiger partial charge in [0.25, 0.3) is 0 Å². The quantitative estimate of drug-likeness (QED) is 0.381. The lowest BCUT2D eigenvalue weighted by Gasteiger charge is -1.93. The molecule has 0 heterocycles. The highest BCUT2D eigenvalue weighted by molar-refractivity contribution is 5.86. The van der Waals surface area contributed by atoms with Crippen molar-refractivity contribution < 1.29 is 14.3 Å². The van der Waals surface area contributed by atoms with E-state index in [1.165, 1.54) is 6.92 Å². The highest BCUT2D eigenvalue weighted by Crippen LogP contribution is 2.29. The van der Waals surface area contributed by atoms with Crippen LogP contribution in [-0.2, 0) is 14.3 Å². The summed E-state index contributed by atoms with van der Waals surface area (Å²) in [6.07, 6.45) is 1.76. The van der Waals surface area contributed by atoms with Crippen LogP contribution in [0.2, 0.25) is 0 Å². The fourth-order valence-electron chi connectivity index (χ4n) is 0.544. The summed E-state index contributed by atoms with van der Waals surface area (Å²) >= 11 is 0. The predicted octanol–water partition coefficient (Wildman–Crippen LogP) is 0.486. The van der Waals surface area contributed by atoms with Gasteiger partial charge in [0, 0.05) is 6.92 Å². The molecule has 9 heavy (non-hydrogen) atoms. The maximum absolute atomic E-state index is 10.6. The van der Waals surface area contributed by atoms with Crippen LogP contribution in [0.3, 0.4) is 0 Å². The Labute approximate surface area is 53.0 Å². The van der Waals surface area contributed by atoms with E-state index in [1.807, 2.05) is 0 Å². The van der Waals surface area contributed by atoms with E-state index in [4.69, 9.17) is 0 Å². The number of hydrogen-bond acceptors (Lipinski definition) is 3. The van der Waals surface area contributed by atoms with Crippen LogP contribution in [0.5, 0.6) is 0 Å². The molecule has 1 saturated carbocycles. The molecule has 0 N–H and O–H groups in total. The third-order valence-electron chi connectivity index (χ3n) is 1.16. The molecule has 0 aromatic rings. The minimum atomic E-state index is -0.507. The van der Waals surface area contributed by atoms with Crippen LogP contribution < -0.4 is 0 Å². The molecular weight excluding hydrogens is 120 g/mol. The first-order chi connectivity index (χ1) is 4.20. The molecule has 1 fully saturated rings. The molecular formula is C6H8O3. The SMILES string of the molecule is CC(=O)OC(=O)C1CC1. The lowest BCUT2D eigenvalue weighted by atomic mass is 10.4. The van der Waals surface area contributed by atoms with Gasteiger partial charge in [-0.2, -0.15) is 0 Å². The predicted molar refractivity (Wildman–Crippen MR) is 29.5 cm³/mol. The van der Waals surface area contributed by atoms with E-state index in [0.717, 1.165) is 12.8 Å². The fourth-order valence-corrected chi connectivity index (χ4v) is 0.544. The topological polar surface area (TPSA) is 43.4 Å². The number of esters is 2. The van der Waals surface area contributed by atoms with Crippen molar-refractivity contribution >= 4 is 11.9 Å². The van der Waals surface area contributed by atoms with Crippen molar-refractivity contribution in [3.05, 3.63) is 0 Å². The summed E-state index contributed by atoms with van der Waals surface area (Å²) in [5, 5.41) is 0. The molecule has 3 nitrogen and oxygen atoms in total.